The monoisotopic (exact) mass is 326 g/mol. The highest BCUT2D eigenvalue weighted by Crippen LogP contribution is 2.30. The third-order valence-electron chi connectivity index (χ3n) is 4.53. The highest BCUT2D eigenvalue weighted by atomic mass is 16.2. The molecule has 122 valence electrons. The van der Waals surface area contributed by atoms with Gasteiger partial charge in [-0.1, -0.05) is 72.8 Å². The van der Waals surface area contributed by atoms with E-state index in [9.17, 15) is 4.79 Å². The number of hydrogen-bond donors (Lipinski definition) is 0. The van der Waals surface area contributed by atoms with Crippen LogP contribution in [0, 0.1) is 0 Å². The van der Waals surface area contributed by atoms with Gasteiger partial charge in [0, 0.05) is 18.2 Å². The molecule has 3 nitrogen and oxygen atoms in total. The Morgan fingerprint density at radius 2 is 1.36 bits per heavy atom. The van der Waals surface area contributed by atoms with E-state index in [4.69, 9.17) is 0 Å². The van der Waals surface area contributed by atoms with Crippen LogP contribution < -0.4 is 4.90 Å². The molecule has 0 radical (unpaired) electrons. The molecule has 3 aromatic carbocycles. The maximum Gasteiger partial charge on any atom is 0.248 e. The number of rotatable bonds is 2. The van der Waals surface area contributed by atoms with Gasteiger partial charge in [-0.3, -0.25) is 9.79 Å². The predicted octanol–water partition coefficient (Wildman–Crippen LogP) is 4.17. The van der Waals surface area contributed by atoms with Crippen LogP contribution in [0.3, 0.4) is 0 Å². The molecule has 0 spiro atoms. The third-order valence-corrected chi connectivity index (χ3v) is 4.53. The van der Waals surface area contributed by atoms with Gasteiger partial charge in [0.05, 0.1) is 11.4 Å². The first-order chi connectivity index (χ1) is 12.3. The van der Waals surface area contributed by atoms with Crippen LogP contribution >= 0.6 is 0 Å². The van der Waals surface area contributed by atoms with Crippen LogP contribution in [0.5, 0.6) is 0 Å². The fourth-order valence-electron chi connectivity index (χ4n) is 3.23. The van der Waals surface area contributed by atoms with Crippen molar-refractivity contribution in [3.05, 3.63) is 90.0 Å². The highest BCUT2D eigenvalue weighted by Gasteiger charge is 2.23. The highest BCUT2D eigenvalue weighted by molar-refractivity contribution is 6.21. The second kappa shape index (κ2) is 6.36. The lowest BCUT2D eigenvalue weighted by Crippen LogP contribution is -2.27. The zero-order valence-corrected chi connectivity index (χ0v) is 14.0. The Labute approximate surface area is 147 Å². The van der Waals surface area contributed by atoms with Crippen molar-refractivity contribution in [2.24, 2.45) is 4.99 Å². The molecule has 1 aliphatic rings. The van der Waals surface area contributed by atoms with Gasteiger partial charge in [0.2, 0.25) is 5.91 Å². The van der Waals surface area contributed by atoms with E-state index >= 15 is 0 Å². The number of fused-ring (bicyclic) bond motifs is 1. The normalized spacial score (nSPS) is 13.9. The Morgan fingerprint density at radius 1 is 0.760 bits per heavy atom. The Morgan fingerprint density at radius 3 is 2.12 bits per heavy atom. The third kappa shape index (κ3) is 2.74. The van der Waals surface area contributed by atoms with Crippen LogP contribution in [0.2, 0.25) is 0 Å². The molecule has 0 aromatic heterocycles. The van der Waals surface area contributed by atoms with Gasteiger partial charge >= 0.3 is 0 Å². The lowest BCUT2D eigenvalue weighted by Gasteiger charge is -2.18. The van der Waals surface area contributed by atoms with Crippen LogP contribution in [0.4, 0.5) is 5.69 Å². The van der Waals surface area contributed by atoms with Crippen LogP contribution in [0.25, 0.3) is 11.1 Å². The minimum atomic E-state index is -0.000331. The number of hydrogen-bond acceptors (Lipinski definition) is 2. The van der Waals surface area contributed by atoms with E-state index in [1.807, 2.05) is 61.6 Å². The van der Waals surface area contributed by atoms with Gasteiger partial charge in [-0.25, -0.2) is 0 Å². The first-order valence-corrected chi connectivity index (χ1v) is 8.31. The summed E-state index contributed by atoms with van der Waals surface area (Å²) in [6, 6.07) is 26.5. The van der Waals surface area contributed by atoms with Gasteiger partial charge in [0.25, 0.3) is 0 Å². The molecule has 0 bridgehead atoms. The van der Waals surface area contributed by atoms with Gasteiger partial charge in [-0.15, -0.1) is 0 Å². The van der Waals surface area contributed by atoms with E-state index < -0.39 is 0 Å². The average molecular weight is 326 g/mol. The SMILES string of the molecule is CN1C(=O)CN=C(c2ccccc2-c2ccccc2)c2ccccc21. The predicted molar refractivity (Wildman–Crippen MR) is 102 cm³/mol. The quantitative estimate of drug-likeness (QED) is 0.696. The minimum Gasteiger partial charge on any atom is -0.313 e. The summed E-state index contributed by atoms with van der Waals surface area (Å²) < 4.78 is 0. The van der Waals surface area contributed by atoms with Crippen molar-refractivity contribution in [1.29, 1.82) is 0 Å². The molecule has 3 aromatic rings. The fraction of sp³-hybridized carbons (Fsp3) is 0.0909. The number of nitrogens with zero attached hydrogens (tertiary/aromatic N) is 2. The molecule has 0 atom stereocenters. The first kappa shape index (κ1) is 15.3. The van der Waals surface area contributed by atoms with Crippen LogP contribution in [0.1, 0.15) is 11.1 Å². The van der Waals surface area contributed by atoms with E-state index in [1.165, 1.54) is 0 Å². The molecule has 0 saturated carbocycles. The van der Waals surface area contributed by atoms with Crippen LogP contribution in [0.15, 0.2) is 83.9 Å². The van der Waals surface area contributed by atoms with Crippen LogP contribution in [-0.4, -0.2) is 25.2 Å². The zero-order chi connectivity index (χ0) is 17.2. The van der Waals surface area contributed by atoms with E-state index in [2.05, 4.69) is 29.3 Å². The Bertz CT molecular complexity index is 961. The second-order valence-corrected chi connectivity index (χ2v) is 6.05. The van der Waals surface area contributed by atoms with Gasteiger partial charge in [0.1, 0.15) is 6.54 Å². The van der Waals surface area contributed by atoms with Gasteiger partial charge < -0.3 is 4.90 Å². The number of carbonyl (C=O) groups excluding carboxylic acids is 1. The van der Waals surface area contributed by atoms with Crippen molar-refractivity contribution in [1.82, 2.24) is 0 Å². The molecule has 0 unspecified atom stereocenters. The smallest absolute Gasteiger partial charge is 0.248 e. The summed E-state index contributed by atoms with van der Waals surface area (Å²) in [4.78, 5) is 18.7. The molecule has 4 rings (SSSR count). The van der Waals surface area contributed by atoms with Crippen molar-refractivity contribution in [3.63, 3.8) is 0 Å². The summed E-state index contributed by atoms with van der Waals surface area (Å²) in [6.45, 7) is 0.156. The molecule has 1 aliphatic heterocycles. The van der Waals surface area contributed by atoms with Gasteiger partial charge in [-0.2, -0.15) is 0 Å². The van der Waals surface area contributed by atoms with Gasteiger partial charge in [-0.05, 0) is 17.2 Å². The number of para-hydroxylation sites is 1. The molecule has 1 amide bonds. The van der Waals surface area contributed by atoms with E-state index in [-0.39, 0.29) is 12.5 Å². The molecule has 3 heteroatoms. The van der Waals surface area contributed by atoms with Crippen molar-refractivity contribution >= 4 is 17.3 Å². The van der Waals surface area contributed by atoms with E-state index in [0.717, 1.165) is 33.7 Å². The molecule has 25 heavy (non-hydrogen) atoms. The Hall–Kier alpha value is -3.20. The number of anilines is 1. The lowest BCUT2D eigenvalue weighted by atomic mass is 9.92. The standard InChI is InChI=1S/C22H18N2O/c1-24-20-14-8-7-13-19(20)22(23-15-21(24)25)18-12-6-5-11-17(18)16-9-3-2-4-10-16/h2-14H,15H2,1H3. The summed E-state index contributed by atoms with van der Waals surface area (Å²) >= 11 is 0. The van der Waals surface area contributed by atoms with E-state index in [0.29, 0.717) is 0 Å². The molecule has 0 aliphatic carbocycles. The summed E-state index contributed by atoms with van der Waals surface area (Å²) in [5.74, 6) is -0.000331. The molecular formula is C22H18N2O. The molecule has 0 N–H and O–H groups in total. The van der Waals surface area contributed by atoms with Crippen molar-refractivity contribution < 1.29 is 4.79 Å². The average Bonchev–Trinajstić information content (AvgIpc) is 2.80. The summed E-state index contributed by atoms with van der Waals surface area (Å²) in [5.41, 5.74) is 6.05. The fourth-order valence-corrected chi connectivity index (χ4v) is 3.23. The largest absolute Gasteiger partial charge is 0.313 e. The Balaban J connectivity index is 1.94. The summed E-state index contributed by atoms with van der Waals surface area (Å²) in [5, 5.41) is 0. The molecule has 1 heterocycles. The summed E-state index contributed by atoms with van der Waals surface area (Å²) in [7, 11) is 1.81. The second-order valence-electron chi connectivity index (χ2n) is 6.05. The van der Waals surface area contributed by atoms with Gasteiger partial charge in [0.15, 0.2) is 0 Å². The van der Waals surface area contributed by atoms with Crippen molar-refractivity contribution in [2.45, 2.75) is 0 Å². The topological polar surface area (TPSA) is 32.7 Å². The number of aliphatic imine (C=N–C) groups is 1. The zero-order valence-electron chi connectivity index (χ0n) is 14.0. The lowest BCUT2D eigenvalue weighted by molar-refractivity contribution is -0.116. The summed E-state index contributed by atoms with van der Waals surface area (Å²) in [6.07, 6.45) is 0. The number of benzene rings is 3. The minimum absolute atomic E-state index is 0.000331. The Kier molecular flexibility index (Phi) is 3.90. The van der Waals surface area contributed by atoms with E-state index in [1.54, 1.807) is 4.90 Å². The maximum absolute atomic E-state index is 12.3. The maximum atomic E-state index is 12.3. The number of carbonyl (C=O) groups is 1. The van der Waals surface area contributed by atoms with Crippen molar-refractivity contribution in [2.75, 3.05) is 18.5 Å². The number of amides is 1. The van der Waals surface area contributed by atoms with Crippen LogP contribution in [-0.2, 0) is 4.79 Å². The molecule has 0 fully saturated rings. The molecule has 0 saturated heterocycles. The number of benzodiazepines with no additional fused rings is 1. The van der Waals surface area contributed by atoms with Crippen molar-refractivity contribution in [3.8, 4) is 11.1 Å². The molecular weight excluding hydrogens is 308 g/mol. The number of likely N-dealkylation sites (N-methyl/N-ethyl adjacent to an activating group) is 1. The first-order valence-electron chi connectivity index (χ1n) is 8.31.